The quantitative estimate of drug-likeness (QED) is 0.600. The predicted octanol–water partition coefficient (Wildman–Crippen LogP) is 6.00. The minimum Gasteiger partial charge on any atom is -0.234 e. The zero-order chi connectivity index (χ0) is 16.0. The van der Waals surface area contributed by atoms with E-state index in [0.717, 1.165) is 18.7 Å². The number of aliphatic imine (C=N–C) groups is 1. The first-order valence-electron chi connectivity index (χ1n) is 6.50. The third kappa shape index (κ3) is 2.64. The van der Waals surface area contributed by atoms with Gasteiger partial charge in [-0.2, -0.15) is 0 Å². The smallest absolute Gasteiger partial charge is 0.234 e. The van der Waals surface area contributed by atoms with Gasteiger partial charge in [-0.3, -0.25) is 0 Å². The maximum Gasteiger partial charge on any atom is 0.246 e. The van der Waals surface area contributed by atoms with Gasteiger partial charge in [0.15, 0.2) is 0 Å². The van der Waals surface area contributed by atoms with Gasteiger partial charge < -0.3 is 0 Å². The molecule has 0 N–H and O–H groups in total. The van der Waals surface area contributed by atoms with Crippen LogP contribution in [0.1, 0.15) is 18.1 Å². The Balaban J connectivity index is 1.99. The maximum atomic E-state index is 15.4. The van der Waals surface area contributed by atoms with Crippen molar-refractivity contribution in [2.24, 2.45) is 4.99 Å². The molecule has 0 amide bonds. The van der Waals surface area contributed by atoms with Crippen LogP contribution in [-0.2, 0) is 5.00 Å². The summed E-state index contributed by atoms with van der Waals surface area (Å²) >= 11 is 12.4. The fourth-order valence-electron chi connectivity index (χ4n) is 2.21. The monoisotopic (exact) mass is 357 g/mol. The number of hydrogen-bond donors (Lipinski definition) is 0. The number of alkyl halides is 2. The van der Waals surface area contributed by atoms with Crippen LogP contribution in [0.25, 0.3) is 0 Å². The molecule has 1 nitrogen and oxygen atoms in total. The van der Waals surface area contributed by atoms with Gasteiger partial charge in [0.05, 0.1) is 0 Å². The number of halogens is 4. The summed E-state index contributed by atoms with van der Waals surface area (Å²) in [5.41, 5.74) is 0.825. The lowest BCUT2D eigenvalue weighted by atomic mass is 10.0. The normalized spacial score (nSPS) is 27.8. The van der Waals surface area contributed by atoms with E-state index in [1.165, 1.54) is 24.3 Å². The molecule has 2 atom stereocenters. The number of benzene rings is 2. The highest BCUT2D eigenvalue weighted by molar-refractivity contribution is 8.15. The highest BCUT2D eigenvalue weighted by Gasteiger charge is 2.57. The van der Waals surface area contributed by atoms with Crippen LogP contribution in [0.3, 0.4) is 0 Å². The first-order chi connectivity index (χ1) is 10.3. The van der Waals surface area contributed by atoms with Crippen LogP contribution >= 0.6 is 35.0 Å². The summed E-state index contributed by atoms with van der Waals surface area (Å²) in [6, 6.07) is 12.7. The Labute approximate surface area is 141 Å². The second-order valence-electron chi connectivity index (χ2n) is 5.08. The number of nitrogens with zero attached hydrogens (tertiary/aromatic N) is 1. The van der Waals surface area contributed by atoms with Crippen LogP contribution in [0, 0.1) is 0 Å². The second-order valence-corrected chi connectivity index (χ2v) is 7.11. The second kappa shape index (κ2) is 5.52. The zero-order valence-corrected chi connectivity index (χ0v) is 13.8. The van der Waals surface area contributed by atoms with Crippen molar-refractivity contribution < 1.29 is 8.78 Å². The van der Waals surface area contributed by atoms with Crippen LogP contribution in [0.5, 0.6) is 0 Å². The van der Waals surface area contributed by atoms with E-state index in [0.29, 0.717) is 20.7 Å². The lowest BCUT2D eigenvalue weighted by molar-refractivity contribution is 0.0525. The van der Waals surface area contributed by atoms with Gasteiger partial charge in [0.25, 0.3) is 0 Å². The van der Waals surface area contributed by atoms with E-state index in [9.17, 15) is 4.39 Å². The van der Waals surface area contributed by atoms with E-state index in [1.807, 2.05) is 0 Å². The Morgan fingerprint density at radius 2 is 1.41 bits per heavy atom. The van der Waals surface area contributed by atoms with E-state index >= 15 is 4.39 Å². The number of rotatable bonds is 2. The molecule has 1 aliphatic heterocycles. The largest absolute Gasteiger partial charge is 0.246 e. The predicted molar refractivity (Wildman–Crippen MR) is 89.3 cm³/mol. The summed E-state index contributed by atoms with van der Waals surface area (Å²) in [6.45, 7) is 1.14. The van der Waals surface area contributed by atoms with Crippen molar-refractivity contribution in [2.75, 3.05) is 0 Å². The highest BCUT2D eigenvalue weighted by atomic mass is 35.5. The van der Waals surface area contributed by atoms with Gasteiger partial charge >= 0.3 is 0 Å². The summed E-state index contributed by atoms with van der Waals surface area (Å²) in [5.74, 6) is -2.37. The Morgan fingerprint density at radius 1 is 0.909 bits per heavy atom. The molecule has 1 aliphatic rings. The van der Waals surface area contributed by atoms with Crippen LogP contribution < -0.4 is 0 Å². The minimum atomic E-state index is -2.37. The average molecular weight is 358 g/mol. The van der Waals surface area contributed by atoms with Gasteiger partial charge in [0, 0.05) is 21.2 Å². The molecule has 0 radical (unpaired) electrons. The number of thioether (sulfide) groups is 1. The molecule has 0 bridgehead atoms. The fourth-order valence-corrected chi connectivity index (χ4v) is 3.69. The lowest BCUT2D eigenvalue weighted by Crippen LogP contribution is -2.35. The molecular weight excluding hydrogens is 347 g/mol. The molecule has 0 saturated carbocycles. The van der Waals surface area contributed by atoms with Gasteiger partial charge in [-0.1, -0.05) is 59.2 Å². The van der Waals surface area contributed by atoms with Crippen molar-refractivity contribution in [1.29, 1.82) is 0 Å². The van der Waals surface area contributed by atoms with Crippen molar-refractivity contribution in [1.82, 2.24) is 0 Å². The van der Waals surface area contributed by atoms with Gasteiger partial charge in [0.2, 0.25) is 10.8 Å². The summed E-state index contributed by atoms with van der Waals surface area (Å²) < 4.78 is 30.2. The first kappa shape index (κ1) is 15.8. The summed E-state index contributed by atoms with van der Waals surface area (Å²) in [7, 11) is 0. The molecule has 0 aromatic heterocycles. The van der Waals surface area contributed by atoms with Crippen LogP contribution in [0.2, 0.25) is 10.0 Å². The van der Waals surface area contributed by atoms with E-state index in [2.05, 4.69) is 4.99 Å². The maximum absolute atomic E-state index is 15.4. The molecule has 1 heterocycles. The van der Waals surface area contributed by atoms with Crippen LogP contribution in [0.4, 0.5) is 8.78 Å². The molecule has 22 heavy (non-hydrogen) atoms. The van der Waals surface area contributed by atoms with E-state index in [-0.39, 0.29) is 5.56 Å². The zero-order valence-electron chi connectivity index (χ0n) is 11.5. The minimum absolute atomic E-state index is 0.194. The van der Waals surface area contributed by atoms with Crippen molar-refractivity contribution in [3.8, 4) is 0 Å². The Hall–Kier alpha value is -1.10. The summed E-state index contributed by atoms with van der Waals surface area (Å²) in [4.78, 5) is 3.93. The summed E-state index contributed by atoms with van der Waals surface area (Å²) in [5, 5.41) is -0.972. The van der Waals surface area contributed by atoms with Gasteiger partial charge in [0.1, 0.15) is 5.04 Å². The van der Waals surface area contributed by atoms with Crippen molar-refractivity contribution in [3.05, 3.63) is 69.7 Å². The summed E-state index contributed by atoms with van der Waals surface area (Å²) in [6.07, 6.45) is 0. The van der Waals surface area contributed by atoms with E-state index < -0.39 is 10.8 Å². The molecule has 6 heteroatoms. The molecular formula is C16H11Cl2F2NS. The molecule has 3 rings (SSSR count). The standard InChI is InChI=1S/C16H11Cl2F2NS/c1-15(19)16(20,11-4-8-13(18)9-5-11)22-14(21-15)10-2-6-12(17)7-3-10/h2-9H,1H3. The Morgan fingerprint density at radius 3 is 1.95 bits per heavy atom. The SMILES string of the molecule is CC1(F)N=C(c2ccc(Cl)cc2)SC1(F)c1ccc(Cl)cc1. The van der Waals surface area contributed by atoms with Crippen molar-refractivity contribution in [3.63, 3.8) is 0 Å². The van der Waals surface area contributed by atoms with E-state index in [4.69, 9.17) is 23.2 Å². The Kier molecular flexibility index (Phi) is 3.96. The molecule has 2 aromatic carbocycles. The molecule has 2 aromatic rings. The molecule has 2 unspecified atom stereocenters. The van der Waals surface area contributed by atoms with Gasteiger partial charge in [-0.05, 0) is 31.2 Å². The third-order valence-corrected chi connectivity index (χ3v) is 5.36. The average Bonchev–Trinajstić information content (AvgIpc) is 2.71. The van der Waals surface area contributed by atoms with Crippen LogP contribution in [-0.4, -0.2) is 10.8 Å². The van der Waals surface area contributed by atoms with Crippen molar-refractivity contribution >= 4 is 40.0 Å². The van der Waals surface area contributed by atoms with Crippen molar-refractivity contribution in [2.45, 2.75) is 17.7 Å². The third-order valence-electron chi connectivity index (χ3n) is 3.44. The molecule has 0 fully saturated rings. The number of hydrogen-bond acceptors (Lipinski definition) is 2. The lowest BCUT2D eigenvalue weighted by Gasteiger charge is -2.27. The molecule has 0 aliphatic carbocycles. The highest BCUT2D eigenvalue weighted by Crippen LogP contribution is 2.55. The van der Waals surface area contributed by atoms with Gasteiger partial charge in [-0.15, -0.1) is 0 Å². The Bertz CT molecular complexity index is 729. The van der Waals surface area contributed by atoms with E-state index in [1.54, 1.807) is 24.3 Å². The first-order valence-corrected chi connectivity index (χ1v) is 8.08. The van der Waals surface area contributed by atoms with Crippen LogP contribution in [0.15, 0.2) is 53.5 Å². The molecule has 0 saturated heterocycles. The van der Waals surface area contributed by atoms with Gasteiger partial charge in [-0.25, -0.2) is 13.8 Å². The molecule has 114 valence electrons. The topological polar surface area (TPSA) is 12.4 Å². The molecule has 0 spiro atoms. The fraction of sp³-hybridized carbons (Fsp3) is 0.188.